The van der Waals surface area contributed by atoms with E-state index in [1.165, 1.54) is 5.56 Å². The second-order valence-corrected chi connectivity index (χ2v) is 19.1. The molecule has 0 radical (unpaired) electrons. The molecule has 0 bridgehead atoms. The molecule has 4 heteroatoms. The predicted octanol–water partition coefficient (Wildman–Crippen LogP) is 19.0. The second kappa shape index (κ2) is 20.5. The molecule has 0 fully saturated rings. The van der Waals surface area contributed by atoms with Gasteiger partial charge in [-0.1, -0.05) is 194 Å². The maximum atomic E-state index is 15.7. The fourth-order valence-electron chi connectivity index (χ4n) is 10.2. The molecule has 0 aliphatic heterocycles. The van der Waals surface area contributed by atoms with Crippen LogP contribution in [0.25, 0.3) is 123 Å². The highest BCUT2D eigenvalue weighted by Gasteiger charge is 2.18. The summed E-state index contributed by atoms with van der Waals surface area (Å²) >= 11 is 0. The number of hydrogen-bond donors (Lipinski definition) is 0. The van der Waals surface area contributed by atoms with Gasteiger partial charge >= 0.3 is 0 Å². The minimum absolute atomic E-state index is 0.268. The molecular weight excluding hydrogens is 914 g/mol. The van der Waals surface area contributed by atoms with Crippen molar-refractivity contribution in [1.82, 2.24) is 15.0 Å². The summed E-state index contributed by atoms with van der Waals surface area (Å²) in [7, 11) is 0. The van der Waals surface area contributed by atoms with Gasteiger partial charge in [0.2, 0.25) is 0 Å². The van der Waals surface area contributed by atoms with Crippen LogP contribution in [0, 0.1) is 19.7 Å². The SMILES string of the molecule is Cc1ccc(-c2ccc(-c3ccccc3-c3cc(-c4ccccc4-c4ccc(-c5cc(C)ccn5)cc4)cc(-c4ccccc4-c4ccc(-c5cc(-c6ccc(-c7ccccc7)cc6F)ccn5)cc4)c3)cc2)nc1. The first kappa shape index (κ1) is 46.4. The van der Waals surface area contributed by atoms with Gasteiger partial charge in [-0.2, -0.15) is 0 Å². The van der Waals surface area contributed by atoms with Crippen LogP contribution < -0.4 is 0 Å². The first-order chi connectivity index (χ1) is 36.9. The van der Waals surface area contributed by atoms with E-state index in [4.69, 9.17) is 9.97 Å². The minimum Gasteiger partial charge on any atom is -0.256 e. The van der Waals surface area contributed by atoms with E-state index in [0.29, 0.717) is 5.56 Å². The zero-order valence-corrected chi connectivity index (χ0v) is 41.6. The lowest BCUT2D eigenvalue weighted by Gasteiger charge is -2.18. The third kappa shape index (κ3) is 9.73. The molecule has 0 amide bonds. The summed E-state index contributed by atoms with van der Waals surface area (Å²) in [5.41, 5.74) is 24.7. The number of hydrogen-bond acceptors (Lipinski definition) is 3. The minimum atomic E-state index is -0.268. The maximum absolute atomic E-state index is 15.7. The molecule has 3 nitrogen and oxygen atoms in total. The number of pyridine rings is 3. The molecule has 0 spiro atoms. The van der Waals surface area contributed by atoms with Crippen molar-refractivity contribution >= 4 is 0 Å². The Bertz CT molecular complexity index is 3990. The molecule has 0 aliphatic rings. The zero-order valence-electron chi connectivity index (χ0n) is 41.6. The van der Waals surface area contributed by atoms with Crippen LogP contribution in [-0.2, 0) is 0 Å². The van der Waals surface area contributed by atoms with Gasteiger partial charge in [-0.05, 0) is 163 Å². The molecule has 3 aromatic heterocycles. The Morgan fingerprint density at radius 2 is 0.653 bits per heavy atom. The van der Waals surface area contributed by atoms with E-state index in [0.717, 1.165) is 123 Å². The number of nitrogens with zero attached hydrogens (tertiary/aromatic N) is 3. The van der Waals surface area contributed by atoms with E-state index in [2.05, 4.69) is 201 Å². The van der Waals surface area contributed by atoms with Gasteiger partial charge in [0.25, 0.3) is 0 Å². The van der Waals surface area contributed by atoms with Crippen LogP contribution in [0.3, 0.4) is 0 Å². The van der Waals surface area contributed by atoms with Gasteiger partial charge in [0.1, 0.15) is 5.82 Å². The number of halogens is 1. The van der Waals surface area contributed by atoms with E-state index < -0.39 is 0 Å². The molecule has 0 N–H and O–H groups in total. The van der Waals surface area contributed by atoms with Gasteiger partial charge in [-0.15, -0.1) is 0 Å². The standard InChI is InChI=1S/C71H50FN3/c1-47-36-38-73-70(40-47)54-29-23-51(24-30-54)62-15-7-10-18-65(62)59-41-58(64-17-9-6-14-61(64)50-21-27-53(28-22-50)69-35-20-48(2)46-75-69)42-60(43-59)66-19-11-8-16-63(66)52-25-31-55(32-26-52)71-45-57(37-39-74-71)67-34-33-56(44-68(67)72)49-12-4-3-5-13-49/h3-46H,1-2H3. The van der Waals surface area contributed by atoms with Crippen molar-refractivity contribution in [3.8, 4) is 123 Å². The summed E-state index contributed by atoms with van der Waals surface area (Å²) in [6, 6.07) is 86.7. The van der Waals surface area contributed by atoms with Gasteiger partial charge in [-0.25, -0.2) is 4.39 Å². The molecule has 0 saturated heterocycles. The largest absolute Gasteiger partial charge is 0.256 e. The second-order valence-electron chi connectivity index (χ2n) is 19.1. The lowest BCUT2D eigenvalue weighted by atomic mass is 9.86. The third-order valence-corrected chi connectivity index (χ3v) is 14.1. The summed E-state index contributed by atoms with van der Waals surface area (Å²) in [6.07, 6.45) is 5.55. The summed E-state index contributed by atoms with van der Waals surface area (Å²) in [4.78, 5) is 14.1. The fraction of sp³-hybridized carbons (Fsp3) is 0.0282. The van der Waals surface area contributed by atoms with Crippen molar-refractivity contribution in [2.45, 2.75) is 13.8 Å². The lowest BCUT2D eigenvalue weighted by Crippen LogP contribution is -1.92. The molecule has 3 heterocycles. The van der Waals surface area contributed by atoms with Crippen molar-refractivity contribution in [3.05, 3.63) is 284 Å². The van der Waals surface area contributed by atoms with Crippen molar-refractivity contribution < 1.29 is 4.39 Å². The van der Waals surface area contributed by atoms with Crippen LogP contribution in [0.4, 0.5) is 4.39 Å². The highest BCUT2D eigenvalue weighted by atomic mass is 19.1. The Morgan fingerprint density at radius 1 is 0.240 bits per heavy atom. The first-order valence-corrected chi connectivity index (χ1v) is 25.3. The number of aromatic nitrogens is 3. The fourth-order valence-corrected chi connectivity index (χ4v) is 10.2. The van der Waals surface area contributed by atoms with Crippen LogP contribution in [0.15, 0.2) is 267 Å². The molecule has 75 heavy (non-hydrogen) atoms. The van der Waals surface area contributed by atoms with E-state index in [1.54, 1.807) is 12.3 Å². The third-order valence-electron chi connectivity index (χ3n) is 14.1. The van der Waals surface area contributed by atoms with Crippen molar-refractivity contribution in [1.29, 1.82) is 0 Å². The van der Waals surface area contributed by atoms with E-state index in [-0.39, 0.29) is 5.82 Å². The molecule has 12 rings (SSSR count). The van der Waals surface area contributed by atoms with Gasteiger partial charge in [0.15, 0.2) is 0 Å². The highest BCUT2D eigenvalue weighted by Crippen LogP contribution is 2.43. The molecular formula is C71H50FN3. The van der Waals surface area contributed by atoms with Gasteiger partial charge in [0, 0.05) is 40.8 Å². The Kier molecular flexibility index (Phi) is 12.7. The molecule has 9 aromatic carbocycles. The zero-order chi connectivity index (χ0) is 50.7. The lowest BCUT2D eigenvalue weighted by molar-refractivity contribution is 0.632. The molecule has 0 saturated carbocycles. The van der Waals surface area contributed by atoms with Gasteiger partial charge in [-0.3, -0.25) is 15.0 Å². The molecule has 0 aliphatic carbocycles. The van der Waals surface area contributed by atoms with E-state index in [9.17, 15) is 0 Å². The van der Waals surface area contributed by atoms with Crippen LogP contribution in [-0.4, -0.2) is 15.0 Å². The average Bonchev–Trinajstić information content (AvgIpc) is 3.48. The Morgan fingerprint density at radius 3 is 1.11 bits per heavy atom. The van der Waals surface area contributed by atoms with E-state index >= 15 is 4.39 Å². The number of rotatable bonds is 11. The monoisotopic (exact) mass is 963 g/mol. The summed E-state index contributed by atoms with van der Waals surface area (Å²) < 4.78 is 15.7. The highest BCUT2D eigenvalue weighted by molar-refractivity contribution is 5.94. The molecule has 0 unspecified atom stereocenters. The van der Waals surface area contributed by atoms with Gasteiger partial charge < -0.3 is 0 Å². The molecule has 0 atom stereocenters. The summed E-state index contributed by atoms with van der Waals surface area (Å²) in [6.45, 7) is 4.16. The predicted molar refractivity (Wildman–Crippen MR) is 309 cm³/mol. The summed E-state index contributed by atoms with van der Waals surface area (Å²) in [5, 5.41) is 0. The van der Waals surface area contributed by atoms with Crippen LogP contribution >= 0.6 is 0 Å². The van der Waals surface area contributed by atoms with Crippen LogP contribution in [0.2, 0.25) is 0 Å². The van der Waals surface area contributed by atoms with Gasteiger partial charge in [0.05, 0.1) is 17.1 Å². The normalized spacial score (nSPS) is 11.1. The maximum Gasteiger partial charge on any atom is 0.131 e. The van der Waals surface area contributed by atoms with Crippen LogP contribution in [0.1, 0.15) is 11.1 Å². The first-order valence-electron chi connectivity index (χ1n) is 25.3. The average molecular weight is 964 g/mol. The molecule has 356 valence electrons. The number of benzene rings is 9. The summed E-state index contributed by atoms with van der Waals surface area (Å²) in [5.74, 6) is -0.268. The Labute approximate surface area is 438 Å². The van der Waals surface area contributed by atoms with Crippen molar-refractivity contribution in [2.24, 2.45) is 0 Å². The Balaban J connectivity index is 0.935. The van der Waals surface area contributed by atoms with Crippen molar-refractivity contribution in [2.75, 3.05) is 0 Å². The Hall–Kier alpha value is -9.64. The number of aryl methyl sites for hydroxylation is 2. The topological polar surface area (TPSA) is 38.7 Å². The van der Waals surface area contributed by atoms with Crippen molar-refractivity contribution in [3.63, 3.8) is 0 Å². The van der Waals surface area contributed by atoms with E-state index in [1.807, 2.05) is 73.1 Å². The van der Waals surface area contributed by atoms with Crippen LogP contribution in [0.5, 0.6) is 0 Å². The molecule has 12 aromatic rings. The quantitative estimate of drug-likeness (QED) is 0.130. The smallest absolute Gasteiger partial charge is 0.131 e.